The van der Waals surface area contributed by atoms with Gasteiger partial charge in [0.1, 0.15) is 0 Å². The number of aryl methyl sites for hydroxylation is 1. The van der Waals surface area contributed by atoms with Gasteiger partial charge in [-0.25, -0.2) is 8.42 Å². The van der Waals surface area contributed by atoms with Gasteiger partial charge < -0.3 is 5.73 Å². The molecule has 0 spiro atoms. The average Bonchev–Trinajstić information content (AvgIpc) is 2.31. The summed E-state index contributed by atoms with van der Waals surface area (Å²) in [5.74, 6) is -0.0855. The highest BCUT2D eigenvalue weighted by Crippen LogP contribution is 2.23. The van der Waals surface area contributed by atoms with E-state index in [0.717, 1.165) is 0 Å². The minimum absolute atomic E-state index is 0.0855. The van der Waals surface area contributed by atoms with E-state index in [-0.39, 0.29) is 10.6 Å². The maximum absolute atomic E-state index is 12.4. The van der Waals surface area contributed by atoms with E-state index in [0.29, 0.717) is 21.8 Å². The van der Waals surface area contributed by atoms with Gasteiger partial charge in [0.25, 0.3) is 0 Å². The Morgan fingerprint density at radius 3 is 2.58 bits per heavy atom. The van der Waals surface area contributed by atoms with Crippen molar-refractivity contribution < 1.29 is 8.42 Å². The Hall–Kier alpha value is -1.52. The first-order valence-corrected chi connectivity index (χ1v) is 7.75. The molecule has 2 N–H and O–H groups in total. The topological polar surface area (TPSA) is 60.2 Å². The predicted octanol–water partition coefficient (Wildman–Crippen LogP) is 3.20. The summed E-state index contributed by atoms with van der Waals surface area (Å²) in [6, 6.07) is 11.7. The Morgan fingerprint density at radius 2 is 1.89 bits per heavy atom. The van der Waals surface area contributed by atoms with E-state index >= 15 is 0 Å². The Kier molecular flexibility index (Phi) is 3.83. The third-order valence-corrected chi connectivity index (χ3v) is 4.85. The molecule has 2 aromatic carbocycles. The zero-order chi connectivity index (χ0) is 14.0. The Bertz CT molecular complexity index is 711. The molecule has 0 radical (unpaired) electrons. The van der Waals surface area contributed by atoms with Crippen molar-refractivity contribution in [3.8, 4) is 0 Å². The molecule has 0 aliphatic heterocycles. The van der Waals surface area contributed by atoms with Crippen LogP contribution in [-0.2, 0) is 15.6 Å². The summed E-state index contributed by atoms with van der Waals surface area (Å²) < 4.78 is 24.8. The van der Waals surface area contributed by atoms with Gasteiger partial charge in [-0.2, -0.15) is 0 Å². The Morgan fingerprint density at radius 1 is 1.16 bits per heavy atom. The summed E-state index contributed by atoms with van der Waals surface area (Å²) in [7, 11) is -3.42. The van der Waals surface area contributed by atoms with E-state index in [2.05, 4.69) is 0 Å². The molecular formula is C14H14ClNO2S. The summed E-state index contributed by atoms with van der Waals surface area (Å²) in [5, 5.41) is 0.525. The van der Waals surface area contributed by atoms with Crippen molar-refractivity contribution >= 4 is 27.1 Å². The first kappa shape index (κ1) is 13.9. The largest absolute Gasteiger partial charge is 0.399 e. The van der Waals surface area contributed by atoms with Gasteiger partial charge in [-0.3, -0.25) is 0 Å². The van der Waals surface area contributed by atoms with Crippen molar-refractivity contribution in [1.82, 2.24) is 0 Å². The SMILES string of the molecule is Cc1ccc(N)cc1S(=O)(=O)Cc1cccc(Cl)c1. The van der Waals surface area contributed by atoms with Gasteiger partial charge in [0.05, 0.1) is 10.6 Å². The van der Waals surface area contributed by atoms with Crippen molar-refractivity contribution in [1.29, 1.82) is 0 Å². The zero-order valence-electron chi connectivity index (χ0n) is 10.4. The second-order valence-corrected chi connectivity index (χ2v) is 6.81. The van der Waals surface area contributed by atoms with Gasteiger partial charge >= 0.3 is 0 Å². The van der Waals surface area contributed by atoms with Gasteiger partial charge in [0.2, 0.25) is 0 Å². The Balaban J connectivity index is 2.40. The average molecular weight is 296 g/mol. The van der Waals surface area contributed by atoms with Crippen molar-refractivity contribution in [3.05, 3.63) is 58.6 Å². The van der Waals surface area contributed by atoms with Crippen LogP contribution in [0.25, 0.3) is 0 Å². The molecule has 0 fully saturated rings. The number of rotatable bonds is 3. The molecule has 0 amide bonds. The number of hydrogen-bond acceptors (Lipinski definition) is 3. The van der Waals surface area contributed by atoms with Gasteiger partial charge in [-0.15, -0.1) is 0 Å². The maximum Gasteiger partial charge on any atom is 0.182 e. The van der Waals surface area contributed by atoms with Crippen LogP contribution in [0.3, 0.4) is 0 Å². The molecule has 0 saturated carbocycles. The lowest BCUT2D eigenvalue weighted by atomic mass is 10.2. The quantitative estimate of drug-likeness (QED) is 0.885. The number of sulfone groups is 1. The lowest BCUT2D eigenvalue weighted by Crippen LogP contribution is -2.07. The number of anilines is 1. The standard InChI is InChI=1S/C14H14ClNO2S/c1-10-5-6-13(16)8-14(10)19(17,18)9-11-3-2-4-12(15)7-11/h2-8H,9,16H2,1H3. The third-order valence-electron chi connectivity index (χ3n) is 2.79. The smallest absolute Gasteiger partial charge is 0.182 e. The van der Waals surface area contributed by atoms with Crippen LogP contribution in [0.2, 0.25) is 5.02 Å². The molecule has 0 aliphatic rings. The van der Waals surface area contributed by atoms with Crippen LogP contribution in [0.1, 0.15) is 11.1 Å². The van der Waals surface area contributed by atoms with Gasteiger partial charge in [-0.1, -0.05) is 29.8 Å². The lowest BCUT2D eigenvalue weighted by molar-refractivity contribution is 0.594. The van der Waals surface area contributed by atoms with E-state index in [4.69, 9.17) is 17.3 Å². The van der Waals surface area contributed by atoms with E-state index in [9.17, 15) is 8.42 Å². The highest BCUT2D eigenvalue weighted by Gasteiger charge is 2.18. The summed E-state index contributed by atoms with van der Waals surface area (Å²) in [6.07, 6.45) is 0. The van der Waals surface area contributed by atoms with Crippen molar-refractivity contribution in [2.24, 2.45) is 0 Å². The summed E-state index contributed by atoms with van der Waals surface area (Å²) >= 11 is 5.86. The first-order valence-electron chi connectivity index (χ1n) is 5.72. The number of benzene rings is 2. The second kappa shape index (κ2) is 5.23. The van der Waals surface area contributed by atoms with Crippen LogP contribution in [0.4, 0.5) is 5.69 Å². The predicted molar refractivity (Wildman–Crippen MR) is 77.9 cm³/mol. The van der Waals surface area contributed by atoms with E-state index in [1.807, 2.05) is 0 Å². The van der Waals surface area contributed by atoms with Crippen LogP contribution in [-0.4, -0.2) is 8.42 Å². The van der Waals surface area contributed by atoms with Crippen molar-refractivity contribution in [2.75, 3.05) is 5.73 Å². The normalized spacial score (nSPS) is 11.5. The molecule has 0 unspecified atom stereocenters. The van der Waals surface area contributed by atoms with Gasteiger partial charge in [0, 0.05) is 10.7 Å². The lowest BCUT2D eigenvalue weighted by Gasteiger charge is -2.09. The van der Waals surface area contributed by atoms with Gasteiger partial charge in [-0.05, 0) is 42.3 Å². The molecule has 0 heterocycles. The van der Waals surface area contributed by atoms with Crippen LogP contribution < -0.4 is 5.73 Å². The van der Waals surface area contributed by atoms with Crippen LogP contribution in [0.5, 0.6) is 0 Å². The van der Waals surface area contributed by atoms with Crippen LogP contribution in [0, 0.1) is 6.92 Å². The van der Waals surface area contributed by atoms with E-state index < -0.39 is 9.84 Å². The zero-order valence-corrected chi connectivity index (χ0v) is 12.0. The molecule has 0 bridgehead atoms. The second-order valence-electron chi connectivity index (χ2n) is 4.41. The maximum atomic E-state index is 12.4. The molecule has 2 aromatic rings. The molecule has 5 heteroatoms. The molecule has 3 nitrogen and oxygen atoms in total. The first-order chi connectivity index (χ1) is 8.88. The monoisotopic (exact) mass is 295 g/mol. The third kappa shape index (κ3) is 3.28. The van der Waals surface area contributed by atoms with E-state index in [1.54, 1.807) is 43.3 Å². The Labute approximate surface area is 117 Å². The highest BCUT2D eigenvalue weighted by atomic mass is 35.5. The summed E-state index contributed by atoms with van der Waals surface area (Å²) in [5.41, 5.74) is 7.45. The molecule has 2 rings (SSSR count). The highest BCUT2D eigenvalue weighted by molar-refractivity contribution is 7.90. The summed E-state index contributed by atoms with van der Waals surface area (Å²) in [6.45, 7) is 1.75. The minimum atomic E-state index is -3.42. The fourth-order valence-electron chi connectivity index (χ4n) is 1.88. The van der Waals surface area contributed by atoms with Crippen molar-refractivity contribution in [2.45, 2.75) is 17.6 Å². The number of nitrogens with two attached hydrogens (primary N) is 1. The molecule has 19 heavy (non-hydrogen) atoms. The molecule has 100 valence electrons. The number of halogens is 1. The minimum Gasteiger partial charge on any atom is -0.399 e. The molecule has 0 aromatic heterocycles. The fourth-order valence-corrected chi connectivity index (χ4v) is 3.74. The molecule has 0 atom stereocenters. The number of nitrogen functional groups attached to an aromatic ring is 1. The van der Waals surface area contributed by atoms with Gasteiger partial charge in [0.15, 0.2) is 9.84 Å². The number of hydrogen-bond donors (Lipinski definition) is 1. The molecular weight excluding hydrogens is 282 g/mol. The van der Waals surface area contributed by atoms with Crippen LogP contribution >= 0.6 is 11.6 Å². The molecule has 0 saturated heterocycles. The van der Waals surface area contributed by atoms with Crippen molar-refractivity contribution in [3.63, 3.8) is 0 Å². The van der Waals surface area contributed by atoms with Crippen LogP contribution in [0.15, 0.2) is 47.4 Å². The fraction of sp³-hybridized carbons (Fsp3) is 0.143. The van der Waals surface area contributed by atoms with E-state index in [1.165, 1.54) is 6.07 Å². The summed E-state index contributed by atoms with van der Waals surface area (Å²) in [4.78, 5) is 0.271. The molecule has 0 aliphatic carbocycles.